The van der Waals surface area contributed by atoms with Crippen molar-refractivity contribution in [2.45, 2.75) is 5.60 Å². The van der Waals surface area contributed by atoms with Crippen molar-refractivity contribution in [2.75, 3.05) is 19.6 Å². The summed E-state index contributed by atoms with van der Waals surface area (Å²) >= 11 is 0. The van der Waals surface area contributed by atoms with Gasteiger partial charge in [0.1, 0.15) is 0 Å². The van der Waals surface area contributed by atoms with Crippen LogP contribution < -0.4 is 10.6 Å². The maximum atomic E-state index is 12.9. The summed E-state index contributed by atoms with van der Waals surface area (Å²) in [5, 5.41) is 17.7. The number of benzene rings is 2. The molecule has 1 saturated carbocycles. The van der Waals surface area contributed by atoms with Crippen molar-refractivity contribution in [1.82, 2.24) is 10.6 Å². The van der Waals surface area contributed by atoms with Crippen LogP contribution in [-0.4, -0.2) is 30.6 Å². The molecule has 1 aliphatic carbocycles. The predicted molar refractivity (Wildman–Crippen MR) is 92.2 cm³/mol. The van der Waals surface area contributed by atoms with Gasteiger partial charge in [0.2, 0.25) is 0 Å². The summed E-state index contributed by atoms with van der Waals surface area (Å²) in [6.45, 7) is 2.73. The van der Waals surface area contributed by atoms with Gasteiger partial charge in [-0.05, 0) is 42.0 Å². The number of piperidine rings is 1. The summed E-state index contributed by atoms with van der Waals surface area (Å²) in [5.41, 5.74) is -0.483. The maximum absolute atomic E-state index is 12.9. The fraction of sp³-hybridized carbons (Fsp3) is 0.350. The Morgan fingerprint density at radius 2 is 1.50 bits per heavy atom. The highest BCUT2D eigenvalue weighted by atomic mass is 16.3. The topological polar surface area (TPSA) is 61.4 Å². The molecule has 4 heteroatoms. The molecule has 1 amide bonds. The van der Waals surface area contributed by atoms with Gasteiger partial charge in [-0.25, -0.2) is 0 Å². The Morgan fingerprint density at radius 1 is 1.00 bits per heavy atom. The third kappa shape index (κ3) is 2.52. The summed E-state index contributed by atoms with van der Waals surface area (Å²) in [4.78, 5) is 12.9. The van der Waals surface area contributed by atoms with E-state index in [2.05, 4.69) is 10.6 Å². The third-order valence-corrected chi connectivity index (χ3v) is 5.48. The van der Waals surface area contributed by atoms with Crippen molar-refractivity contribution in [2.24, 2.45) is 17.8 Å². The fourth-order valence-electron chi connectivity index (χ4n) is 3.98. The van der Waals surface area contributed by atoms with E-state index in [9.17, 15) is 9.90 Å². The molecule has 24 heavy (non-hydrogen) atoms. The lowest BCUT2D eigenvalue weighted by Gasteiger charge is -2.28. The lowest BCUT2D eigenvalue weighted by atomic mass is 9.85. The SMILES string of the molecule is O=C(NCC1C2CNCC21)C(O)(c1ccccc1)c1ccccc1. The first-order valence-electron chi connectivity index (χ1n) is 8.53. The van der Waals surface area contributed by atoms with Crippen LogP contribution in [0.25, 0.3) is 0 Å². The van der Waals surface area contributed by atoms with E-state index in [-0.39, 0.29) is 5.91 Å². The molecule has 3 N–H and O–H groups in total. The molecule has 2 fully saturated rings. The highest BCUT2D eigenvalue weighted by Gasteiger charge is 2.53. The Kier molecular flexibility index (Phi) is 3.87. The van der Waals surface area contributed by atoms with Crippen LogP contribution >= 0.6 is 0 Å². The normalized spacial score (nSPS) is 25.1. The number of hydrogen-bond acceptors (Lipinski definition) is 3. The second-order valence-corrected chi connectivity index (χ2v) is 6.80. The summed E-state index contributed by atoms with van der Waals surface area (Å²) in [6, 6.07) is 18.3. The number of carbonyl (C=O) groups excluding carboxylic acids is 1. The monoisotopic (exact) mass is 322 g/mol. The van der Waals surface area contributed by atoms with Crippen LogP contribution in [0.2, 0.25) is 0 Å². The van der Waals surface area contributed by atoms with Crippen molar-refractivity contribution in [1.29, 1.82) is 0 Å². The van der Waals surface area contributed by atoms with E-state index in [1.807, 2.05) is 36.4 Å². The zero-order valence-corrected chi connectivity index (χ0v) is 13.5. The number of amides is 1. The Balaban J connectivity index is 1.57. The van der Waals surface area contributed by atoms with E-state index in [0.29, 0.717) is 35.4 Å². The maximum Gasteiger partial charge on any atom is 0.261 e. The molecular formula is C20H22N2O2. The summed E-state index contributed by atoms with van der Waals surface area (Å²) in [7, 11) is 0. The van der Waals surface area contributed by atoms with Gasteiger partial charge in [0.05, 0.1) is 0 Å². The Hall–Kier alpha value is -2.17. The number of carbonyl (C=O) groups is 1. The molecule has 4 nitrogen and oxygen atoms in total. The summed E-state index contributed by atoms with van der Waals surface area (Å²) < 4.78 is 0. The molecule has 1 aliphatic heterocycles. The Labute approximate surface area is 141 Å². The minimum absolute atomic E-state index is 0.349. The average molecular weight is 322 g/mol. The van der Waals surface area contributed by atoms with Gasteiger partial charge in [-0.1, -0.05) is 60.7 Å². The third-order valence-electron chi connectivity index (χ3n) is 5.48. The molecule has 2 aromatic carbocycles. The number of fused-ring (bicyclic) bond motifs is 1. The number of hydrogen-bond donors (Lipinski definition) is 3. The van der Waals surface area contributed by atoms with E-state index in [4.69, 9.17) is 0 Å². The van der Waals surface area contributed by atoms with Crippen molar-refractivity contribution in [3.8, 4) is 0 Å². The van der Waals surface area contributed by atoms with Gasteiger partial charge in [-0.15, -0.1) is 0 Å². The lowest BCUT2D eigenvalue weighted by Crippen LogP contribution is -2.46. The van der Waals surface area contributed by atoms with Crippen LogP contribution in [0.5, 0.6) is 0 Å². The van der Waals surface area contributed by atoms with Gasteiger partial charge >= 0.3 is 0 Å². The largest absolute Gasteiger partial charge is 0.372 e. The molecule has 0 bridgehead atoms. The fourth-order valence-corrected chi connectivity index (χ4v) is 3.98. The van der Waals surface area contributed by atoms with Crippen molar-refractivity contribution in [3.05, 3.63) is 71.8 Å². The van der Waals surface area contributed by atoms with Gasteiger partial charge < -0.3 is 15.7 Å². The first-order valence-corrected chi connectivity index (χ1v) is 8.53. The minimum Gasteiger partial charge on any atom is -0.372 e. The standard InChI is InChI=1S/C20H22N2O2/c23-19(22-13-18-16-11-21-12-17(16)18)20(24,14-7-3-1-4-8-14)15-9-5-2-6-10-15/h1-10,16-18,21,24H,11-13H2,(H,22,23). The van der Waals surface area contributed by atoms with Crippen LogP contribution in [-0.2, 0) is 10.4 Å². The quantitative estimate of drug-likeness (QED) is 0.782. The van der Waals surface area contributed by atoms with Crippen LogP contribution in [0.15, 0.2) is 60.7 Å². The predicted octanol–water partition coefficient (Wildman–Crippen LogP) is 1.50. The first-order chi connectivity index (χ1) is 11.7. The minimum atomic E-state index is -1.66. The number of aliphatic hydroxyl groups is 1. The van der Waals surface area contributed by atoms with Crippen LogP contribution in [0.4, 0.5) is 0 Å². The first kappa shape index (κ1) is 15.4. The van der Waals surface area contributed by atoms with Crippen molar-refractivity contribution < 1.29 is 9.90 Å². The van der Waals surface area contributed by atoms with E-state index in [1.54, 1.807) is 24.3 Å². The van der Waals surface area contributed by atoms with Crippen molar-refractivity contribution >= 4 is 5.91 Å². The molecule has 2 aliphatic rings. The van der Waals surface area contributed by atoms with Gasteiger partial charge in [0.15, 0.2) is 5.60 Å². The van der Waals surface area contributed by atoms with E-state index in [1.165, 1.54) is 0 Å². The van der Waals surface area contributed by atoms with Gasteiger partial charge in [0.25, 0.3) is 5.91 Å². The van der Waals surface area contributed by atoms with E-state index in [0.717, 1.165) is 13.1 Å². The second-order valence-electron chi connectivity index (χ2n) is 6.80. The average Bonchev–Trinajstić information content (AvgIpc) is 3.07. The molecule has 2 aromatic rings. The van der Waals surface area contributed by atoms with Crippen LogP contribution in [0.1, 0.15) is 11.1 Å². The van der Waals surface area contributed by atoms with Crippen LogP contribution in [0, 0.1) is 17.8 Å². The highest BCUT2D eigenvalue weighted by molar-refractivity contribution is 5.90. The lowest BCUT2D eigenvalue weighted by molar-refractivity contribution is -0.136. The van der Waals surface area contributed by atoms with Gasteiger partial charge in [0, 0.05) is 6.54 Å². The molecule has 1 saturated heterocycles. The summed E-state index contributed by atoms with van der Waals surface area (Å²) in [6.07, 6.45) is 0. The molecule has 124 valence electrons. The highest BCUT2D eigenvalue weighted by Crippen LogP contribution is 2.48. The molecule has 4 rings (SSSR count). The van der Waals surface area contributed by atoms with E-state index >= 15 is 0 Å². The molecule has 0 spiro atoms. The zero-order chi connectivity index (χ0) is 16.6. The van der Waals surface area contributed by atoms with Crippen LogP contribution in [0.3, 0.4) is 0 Å². The zero-order valence-electron chi connectivity index (χ0n) is 13.5. The Morgan fingerprint density at radius 3 is 2.00 bits per heavy atom. The molecule has 2 unspecified atom stereocenters. The number of nitrogens with one attached hydrogen (secondary N) is 2. The van der Waals surface area contributed by atoms with Crippen molar-refractivity contribution in [3.63, 3.8) is 0 Å². The molecule has 2 atom stereocenters. The molecular weight excluding hydrogens is 300 g/mol. The molecule has 0 aromatic heterocycles. The molecule has 0 radical (unpaired) electrons. The van der Waals surface area contributed by atoms with E-state index < -0.39 is 5.60 Å². The smallest absolute Gasteiger partial charge is 0.261 e. The Bertz CT molecular complexity index is 667. The van der Waals surface area contributed by atoms with Gasteiger partial charge in [-0.3, -0.25) is 4.79 Å². The van der Waals surface area contributed by atoms with Gasteiger partial charge in [-0.2, -0.15) is 0 Å². The second kappa shape index (κ2) is 6.04. The number of rotatable bonds is 5. The molecule has 1 heterocycles. The summed E-state index contributed by atoms with van der Waals surface area (Å²) in [5.74, 6) is 1.57.